The van der Waals surface area contributed by atoms with E-state index in [0.29, 0.717) is 31.4 Å². The smallest absolute Gasteiger partial charge is 0.292 e. The van der Waals surface area contributed by atoms with Crippen LogP contribution in [0.4, 0.5) is 0 Å². The Morgan fingerprint density at radius 2 is 1.87 bits per heavy atom. The zero-order chi connectivity index (χ0) is 16.7. The third-order valence-corrected chi connectivity index (χ3v) is 3.88. The van der Waals surface area contributed by atoms with Crippen LogP contribution in [0.5, 0.6) is 5.75 Å². The average Bonchev–Trinajstić information content (AvgIpc) is 2.56. The number of benzene rings is 1. The summed E-state index contributed by atoms with van der Waals surface area (Å²) in [7, 11) is 0. The molecule has 0 saturated heterocycles. The molecule has 0 aliphatic rings. The molecular weight excluding hydrogens is 288 g/mol. The van der Waals surface area contributed by atoms with Crippen molar-refractivity contribution in [3.63, 3.8) is 0 Å². The van der Waals surface area contributed by atoms with Crippen molar-refractivity contribution < 1.29 is 4.74 Å². The Morgan fingerprint density at radius 3 is 2.52 bits per heavy atom. The Labute approximate surface area is 137 Å². The maximum Gasteiger partial charge on any atom is 0.292 e. The molecule has 0 spiro atoms. The van der Waals surface area contributed by atoms with Crippen molar-refractivity contribution in [2.75, 3.05) is 6.54 Å². The van der Waals surface area contributed by atoms with E-state index < -0.39 is 0 Å². The van der Waals surface area contributed by atoms with Gasteiger partial charge in [-0.2, -0.15) is 0 Å². The first kappa shape index (κ1) is 17.3. The summed E-state index contributed by atoms with van der Waals surface area (Å²) in [6, 6.07) is 11.9. The standard InChI is InChI=1S/C19H26N2O2/c1-15(2)17-9-7-16(8-10-17)14-23-18-6-5-13-21(19(18)22)12-4-3-11-20/h5-10,13,15H,3-4,11-12,14,20H2,1-2H3. The molecule has 124 valence electrons. The first-order chi connectivity index (χ1) is 11.1. The molecule has 0 aliphatic heterocycles. The molecule has 1 heterocycles. The van der Waals surface area contributed by atoms with Crippen LogP contribution in [0.3, 0.4) is 0 Å². The molecule has 1 aromatic carbocycles. The molecule has 23 heavy (non-hydrogen) atoms. The number of rotatable bonds is 8. The quantitative estimate of drug-likeness (QED) is 0.761. The third kappa shape index (κ3) is 4.96. The fourth-order valence-corrected chi connectivity index (χ4v) is 2.39. The molecule has 4 nitrogen and oxygen atoms in total. The highest BCUT2D eigenvalue weighted by Crippen LogP contribution is 2.15. The van der Waals surface area contributed by atoms with Crippen LogP contribution >= 0.6 is 0 Å². The maximum absolute atomic E-state index is 12.3. The van der Waals surface area contributed by atoms with Gasteiger partial charge in [-0.05, 0) is 48.6 Å². The minimum absolute atomic E-state index is 0.0803. The SMILES string of the molecule is CC(C)c1ccc(COc2cccn(CCCCN)c2=O)cc1. The second-order valence-corrected chi connectivity index (χ2v) is 6.05. The Hall–Kier alpha value is -2.07. The highest BCUT2D eigenvalue weighted by atomic mass is 16.5. The van der Waals surface area contributed by atoms with Crippen LogP contribution in [0.15, 0.2) is 47.4 Å². The lowest BCUT2D eigenvalue weighted by Gasteiger charge is -2.10. The van der Waals surface area contributed by atoms with Gasteiger partial charge in [-0.1, -0.05) is 38.1 Å². The zero-order valence-corrected chi connectivity index (χ0v) is 14.0. The number of unbranched alkanes of at least 4 members (excludes halogenated alkanes) is 1. The number of hydrogen-bond acceptors (Lipinski definition) is 3. The van der Waals surface area contributed by atoms with E-state index in [0.717, 1.165) is 18.4 Å². The van der Waals surface area contributed by atoms with Crippen LogP contribution in [0.2, 0.25) is 0 Å². The predicted molar refractivity (Wildman–Crippen MR) is 93.9 cm³/mol. The molecular formula is C19H26N2O2. The van der Waals surface area contributed by atoms with E-state index in [9.17, 15) is 4.79 Å². The monoisotopic (exact) mass is 314 g/mol. The topological polar surface area (TPSA) is 57.2 Å². The van der Waals surface area contributed by atoms with E-state index in [1.54, 1.807) is 16.8 Å². The Kier molecular flexibility index (Phi) is 6.41. The number of pyridine rings is 1. The van der Waals surface area contributed by atoms with E-state index in [4.69, 9.17) is 10.5 Å². The summed E-state index contributed by atoms with van der Waals surface area (Å²) in [4.78, 5) is 12.3. The van der Waals surface area contributed by atoms with Gasteiger partial charge < -0.3 is 15.0 Å². The van der Waals surface area contributed by atoms with Crippen molar-refractivity contribution in [2.24, 2.45) is 5.73 Å². The van der Waals surface area contributed by atoms with Gasteiger partial charge in [-0.3, -0.25) is 4.79 Å². The number of hydrogen-bond donors (Lipinski definition) is 1. The highest BCUT2D eigenvalue weighted by molar-refractivity contribution is 5.25. The summed E-state index contributed by atoms with van der Waals surface area (Å²) in [5.74, 6) is 0.910. The van der Waals surface area contributed by atoms with Crippen LogP contribution in [0, 0.1) is 0 Å². The van der Waals surface area contributed by atoms with Crippen molar-refractivity contribution >= 4 is 0 Å². The molecule has 0 unspecified atom stereocenters. The predicted octanol–water partition coefficient (Wildman–Crippen LogP) is 3.29. The molecule has 0 bridgehead atoms. The molecule has 2 aromatic rings. The van der Waals surface area contributed by atoms with Crippen molar-refractivity contribution in [2.45, 2.75) is 45.8 Å². The summed E-state index contributed by atoms with van der Waals surface area (Å²) >= 11 is 0. The van der Waals surface area contributed by atoms with Gasteiger partial charge in [0.2, 0.25) is 0 Å². The largest absolute Gasteiger partial charge is 0.483 e. The number of aryl methyl sites for hydroxylation is 1. The summed E-state index contributed by atoms with van der Waals surface area (Å²) in [6.07, 6.45) is 3.61. The van der Waals surface area contributed by atoms with Gasteiger partial charge in [0.15, 0.2) is 5.75 Å². The van der Waals surface area contributed by atoms with E-state index in [-0.39, 0.29) is 5.56 Å². The second-order valence-electron chi connectivity index (χ2n) is 6.05. The minimum atomic E-state index is -0.0803. The average molecular weight is 314 g/mol. The van der Waals surface area contributed by atoms with Crippen LogP contribution in [0.25, 0.3) is 0 Å². The van der Waals surface area contributed by atoms with Gasteiger partial charge in [-0.15, -0.1) is 0 Å². The van der Waals surface area contributed by atoms with E-state index in [2.05, 4.69) is 38.1 Å². The molecule has 0 amide bonds. The molecule has 2 rings (SSSR count). The first-order valence-corrected chi connectivity index (χ1v) is 8.23. The van der Waals surface area contributed by atoms with Gasteiger partial charge in [0.25, 0.3) is 5.56 Å². The Balaban J connectivity index is 2.00. The first-order valence-electron chi connectivity index (χ1n) is 8.23. The molecule has 2 N–H and O–H groups in total. The van der Waals surface area contributed by atoms with Crippen molar-refractivity contribution in [1.29, 1.82) is 0 Å². The molecule has 0 saturated carbocycles. The van der Waals surface area contributed by atoms with Gasteiger partial charge in [0, 0.05) is 12.7 Å². The minimum Gasteiger partial charge on any atom is -0.483 e. The van der Waals surface area contributed by atoms with E-state index >= 15 is 0 Å². The highest BCUT2D eigenvalue weighted by Gasteiger charge is 2.05. The van der Waals surface area contributed by atoms with Crippen LogP contribution < -0.4 is 16.0 Å². The third-order valence-electron chi connectivity index (χ3n) is 3.88. The summed E-state index contributed by atoms with van der Waals surface area (Å²) < 4.78 is 7.40. The molecule has 0 aliphatic carbocycles. The molecule has 1 aromatic heterocycles. The fraction of sp³-hybridized carbons (Fsp3) is 0.421. The Morgan fingerprint density at radius 1 is 1.13 bits per heavy atom. The number of nitrogens with zero attached hydrogens (tertiary/aromatic N) is 1. The van der Waals surface area contributed by atoms with Gasteiger partial charge in [0.05, 0.1) is 0 Å². The summed E-state index contributed by atoms with van der Waals surface area (Å²) in [5.41, 5.74) is 7.77. The number of ether oxygens (including phenoxy) is 1. The molecule has 0 atom stereocenters. The fourth-order valence-electron chi connectivity index (χ4n) is 2.39. The van der Waals surface area contributed by atoms with Crippen LogP contribution in [-0.4, -0.2) is 11.1 Å². The van der Waals surface area contributed by atoms with E-state index in [1.165, 1.54) is 5.56 Å². The summed E-state index contributed by atoms with van der Waals surface area (Å²) in [5, 5.41) is 0. The number of nitrogens with two attached hydrogens (primary N) is 1. The lowest BCUT2D eigenvalue weighted by molar-refractivity contribution is 0.298. The Bertz CT molecular complexity index is 660. The molecule has 0 fully saturated rings. The van der Waals surface area contributed by atoms with Crippen LogP contribution in [-0.2, 0) is 13.2 Å². The zero-order valence-electron chi connectivity index (χ0n) is 14.0. The van der Waals surface area contributed by atoms with Gasteiger partial charge >= 0.3 is 0 Å². The van der Waals surface area contributed by atoms with Gasteiger partial charge in [-0.25, -0.2) is 0 Å². The van der Waals surface area contributed by atoms with Crippen molar-refractivity contribution in [1.82, 2.24) is 4.57 Å². The molecule has 0 radical (unpaired) electrons. The van der Waals surface area contributed by atoms with Crippen molar-refractivity contribution in [3.05, 3.63) is 64.1 Å². The van der Waals surface area contributed by atoms with Crippen molar-refractivity contribution in [3.8, 4) is 5.75 Å². The summed E-state index contributed by atoms with van der Waals surface area (Å²) in [6.45, 7) is 6.07. The second kappa shape index (κ2) is 8.53. The lowest BCUT2D eigenvalue weighted by Crippen LogP contribution is -2.21. The van der Waals surface area contributed by atoms with Gasteiger partial charge in [0.1, 0.15) is 6.61 Å². The number of aromatic nitrogens is 1. The lowest BCUT2D eigenvalue weighted by atomic mass is 10.0. The van der Waals surface area contributed by atoms with Crippen LogP contribution in [0.1, 0.15) is 43.7 Å². The normalized spacial score (nSPS) is 11.0. The molecule has 4 heteroatoms. The maximum atomic E-state index is 12.3. The van der Waals surface area contributed by atoms with E-state index in [1.807, 2.05) is 6.07 Å².